The molecule has 0 aliphatic heterocycles. The van der Waals surface area contributed by atoms with Crippen LogP contribution in [0.2, 0.25) is 5.28 Å². The zero-order valence-corrected chi connectivity index (χ0v) is 19.8. The second kappa shape index (κ2) is 8.29. The minimum Gasteiger partial charge on any atom is -0.456 e. The van der Waals surface area contributed by atoms with Gasteiger partial charge in [0.05, 0.1) is 0 Å². The Labute approximate surface area is 211 Å². The second-order valence-electron chi connectivity index (χ2n) is 8.64. The van der Waals surface area contributed by atoms with E-state index in [1.54, 1.807) is 0 Å². The second-order valence-corrected chi connectivity index (χ2v) is 8.98. The smallest absolute Gasteiger partial charge is 0.226 e. The molecule has 5 aromatic carbocycles. The predicted molar refractivity (Wildman–Crippen MR) is 146 cm³/mol. The number of rotatable bonds is 3. The van der Waals surface area contributed by atoms with Crippen LogP contribution in [0, 0.1) is 0 Å². The number of furan rings is 1. The van der Waals surface area contributed by atoms with Crippen LogP contribution in [0.25, 0.3) is 66.6 Å². The van der Waals surface area contributed by atoms with Crippen LogP contribution in [0.5, 0.6) is 0 Å². The van der Waals surface area contributed by atoms with Gasteiger partial charge in [-0.05, 0) is 51.7 Å². The molecule has 0 N–H and O–H groups in total. The van der Waals surface area contributed by atoms with Crippen LogP contribution in [0.1, 0.15) is 0 Å². The quantitative estimate of drug-likeness (QED) is 0.252. The summed E-state index contributed by atoms with van der Waals surface area (Å²) in [6.45, 7) is 0. The monoisotopic (exact) mass is 483 g/mol. The average Bonchev–Trinajstić information content (AvgIpc) is 3.32. The summed E-state index contributed by atoms with van der Waals surface area (Å²) in [6.07, 6.45) is 0. The standard InChI is InChI=1S/C31H18ClN3O/c32-31-34-29(22-17-16-19-8-4-5-11-21(19)18-22)33-30(35-31)24-13-7-15-26-28(24)27-23(12-6-14-25(27)36-26)20-9-2-1-3-10-20/h1-18H. The third-order valence-electron chi connectivity index (χ3n) is 6.46. The van der Waals surface area contributed by atoms with Gasteiger partial charge < -0.3 is 4.42 Å². The van der Waals surface area contributed by atoms with Gasteiger partial charge in [0.2, 0.25) is 5.28 Å². The van der Waals surface area contributed by atoms with Crippen LogP contribution in [-0.4, -0.2) is 15.0 Å². The number of nitrogens with zero attached hydrogens (tertiary/aromatic N) is 3. The molecule has 0 unspecified atom stereocenters. The summed E-state index contributed by atoms with van der Waals surface area (Å²) < 4.78 is 6.27. The van der Waals surface area contributed by atoms with Crippen molar-refractivity contribution in [3.8, 4) is 33.9 Å². The first-order valence-corrected chi connectivity index (χ1v) is 12.0. The molecule has 0 aliphatic carbocycles. The molecule has 0 bridgehead atoms. The molecule has 0 saturated carbocycles. The summed E-state index contributed by atoms with van der Waals surface area (Å²) in [6, 6.07) is 36.7. The Kier molecular flexibility index (Phi) is 4.79. The number of fused-ring (bicyclic) bond motifs is 4. The van der Waals surface area contributed by atoms with E-state index < -0.39 is 0 Å². The van der Waals surface area contributed by atoms with Crippen molar-refractivity contribution < 1.29 is 4.42 Å². The lowest BCUT2D eigenvalue weighted by molar-refractivity contribution is 0.669. The van der Waals surface area contributed by atoms with Crippen LogP contribution in [0.15, 0.2) is 114 Å². The molecule has 2 aromatic heterocycles. The number of aromatic nitrogens is 3. The minimum absolute atomic E-state index is 0.149. The van der Waals surface area contributed by atoms with Gasteiger partial charge in [-0.25, -0.2) is 4.98 Å². The predicted octanol–water partition coefficient (Wildman–Crippen LogP) is 8.58. The van der Waals surface area contributed by atoms with Gasteiger partial charge in [0, 0.05) is 21.9 Å². The summed E-state index contributed by atoms with van der Waals surface area (Å²) in [4.78, 5) is 13.9. The molecule has 2 heterocycles. The maximum Gasteiger partial charge on any atom is 0.226 e. The van der Waals surface area contributed by atoms with E-state index in [-0.39, 0.29) is 5.28 Å². The zero-order valence-electron chi connectivity index (χ0n) is 19.0. The lowest BCUT2D eigenvalue weighted by atomic mass is 9.97. The lowest BCUT2D eigenvalue weighted by Gasteiger charge is -2.08. The van der Waals surface area contributed by atoms with E-state index in [0.29, 0.717) is 11.6 Å². The Bertz CT molecular complexity index is 1910. The molecule has 0 atom stereocenters. The SMILES string of the molecule is Clc1nc(-c2ccc3ccccc3c2)nc(-c2cccc3oc4cccc(-c5ccccc5)c4c23)n1. The molecule has 0 aliphatic rings. The fourth-order valence-electron chi connectivity index (χ4n) is 4.84. The normalized spacial score (nSPS) is 11.5. The molecule has 0 saturated heterocycles. The van der Waals surface area contributed by atoms with E-state index in [9.17, 15) is 0 Å². The van der Waals surface area contributed by atoms with Gasteiger partial charge in [0.15, 0.2) is 11.6 Å². The number of hydrogen-bond acceptors (Lipinski definition) is 4. The molecule has 0 amide bonds. The van der Waals surface area contributed by atoms with E-state index in [2.05, 4.69) is 52.4 Å². The summed E-state index contributed by atoms with van der Waals surface area (Å²) >= 11 is 6.45. The Balaban J connectivity index is 1.48. The topological polar surface area (TPSA) is 51.8 Å². The van der Waals surface area contributed by atoms with Crippen LogP contribution in [-0.2, 0) is 0 Å². The number of halogens is 1. The summed E-state index contributed by atoms with van der Waals surface area (Å²) in [5.74, 6) is 1.04. The summed E-state index contributed by atoms with van der Waals surface area (Å²) in [5, 5.41) is 4.40. The maximum atomic E-state index is 6.45. The highest BCUT2D eigenvalue weighted by molar-refractivity contribution is 6.28. The molecule has 0 radical (unpaired) electrons. The van der Waals surface area contributed by atoms with Crippen molar-refractivity contribution in [2.75, 3.05) is 0 Å². The van der Waals surface area contributed by atoms with Gasteiger partial charge >= 0.3 is 0 Å². The molecule has 5 heteroatoms. The maximum absolute atomic E-state index is 6.45. The first-order valence-electron chi connectivity index (χ1n) is 11.7. The molecule has 0 spiro atoms. The molecule has 7 rings (SSSR count). The lowest BCUT2D eigenvalue weighted by Crippen LogP contribution is -1.97. The van der Waals surface area contributed by atoms with Crippen molar-refractivity contribution in [2.45, 2.75) is 0 Å². The number of benzene rings is 5. The highest BCUT2D eigenvalue weighted by Crippen LogP contribution is 2.41. The zero-order chi connectivity index (χ0) is 24.1. The van der Waals surface area contributed by atoms with Gasteiger partial charge in [-0.2, -0.15) is 9.97 Å². The molecular formula is C31H18ClN3O. The van der Waals surface area contributed by atoms with E-state index >= 15 is 0 Å². The van der Waals surface area contributed by atoms with E-state index in [0.717, 1.165) is 55.0 Å². The van der Waals surface area contributed by atoms with Crippen LogP contribution in [0.4, 0.5) is 0 Å². The first-order chi connectivity index (χ1) is 17.7. The van der Waals surface area contributed by atoms with Crippen molar-refractivity contribution >= 4 is 44.3 Å². The third-order valence-corrected chi connectivity index (χ3v) is 6.63. The largest absolute Gasteiger partial charge is 0.456 e. The molecule has 170 valence electrons. The molecule has 0 fully saturated rings. The molecule has 4 nitrogen and oxygen atoms in total. The average molecular weight is 484 g/mol. The van der Waals surface area contributed by atoms with E-state index in [1.165, 1.54) is 0 Å². The van der Waals surface area contributed by atoms with Gasteiger partial charge in [0.25, 0.3) is 0 Å². The first kappa shape index (κ1) is 20.8. The Morgan fingerprint density at radius 2 is 1.17 bits per heavy atom. The van der Waals surface area contributed by atoms with Crippen molar-refractivity contribution in [3.05, 3.63) is 114 Å². The fraction of sp³-hybridized carbons (Fsp3) is 0. The van der Waals surface area contributed by atoms with Crippen molar-refractivity contribution in [1.29, 1.82) is 0 Å². The van der Waals surface area contributed by atoms with Crippen molar-refractivity contribution in [3.63, 3.8) is 0 Å². The van der Waals surface area contributed by atoms with Crippen molar-refractivity contribution in [1.82, 2.24) is 15.0 Å². The van der Waals surface area contributed by atoms with E-state index in [1.807, 2.05) is 66.7 Å². The molecule has 36 heavy (non-hydrogen) atoms. The van der Waals surface area contributed by atoms with Crippen LogP contribution in [0.3, 0.4) is 0 Å². The Morgan fingerprint density at radius 1 is 0.500 bits per heavy atom. The highest BCUT2D eigenvalue weighted by Gasteiger charge is 2.19. The Hall–Kier alpha value is -4.54. The van der Waals surface area contributed by atoms with Gasteiger partial charge in [-0.3, -0.25) is 0 Å². The van der Waals surface area contributed by atoms with Crippen molar-refractivity contribution in [2.24, 2.45) is 0 Å². The van der Waals surface area contributed by atoms with Gasteiger partial charge in [-0.15, -0.1) is 0 Å². The van der Waals surface area contributed by atoms with Gasteiger partial charge in [0.1, 0.15) is 11.2 Å². The van der Waals surface area contributed by atoms with E-state index in [4.69, 9.17) is 21.0 Å². The number of hydrogen-bond donors (Lipinski definition) is 0. The highest BCUT2D eigenvalue weighted by atomic mass is 35.5. The summed E-state index contributed by atoms with van der Waals surface area (Å²) in [7, 11) is 0. The minimum atomic E-state index is 0.149. The fourth-order valence-corrected chi connectivity index (χ4v) is 5.00. The Morgan fingerprint density at radius 3 is 1.97 bits per heavy atom. The summed E-state index contributed by atoms with van der Waals surface area (Å²) in [5.41, 5.74) is 5.53. The molecule has 7 aromatic rings. The van der Waals surface area contributed by atoms with Crippen LogP contribution >= 0.6 is 11.6 Å². The third kappa shape index (κ3) is 3.43. The van der Waals surface area contributed by atoms with Crippen LogP contribution < -0.4 is 0 Å². The molecular weight excluding hydrogens is 466 g/mol. The van der Waals surface area contributed by atoms with Gasteiger partial charge in [-0.1, -0.05) is 91.0 Å².